The molecule has 0 amide bonds. The zero-order valence-electron chi connectivity index (χ0n) is 2.42. The number of nitrogens with zero attached hydrogens (tertiary/aromatic N) is 2. The SMILES string of the molecule is N#C/C=N\O. The summed E-state index contributed by atoms with van der Waals surface area (Å²) in [6, 6.07) is 1.48. The fraction of sp³-hybridized carbons (Fsp3) is 0. The first-order chi connectivity index (χ1) is 2.41. The van der Waals surface area contributed by atoms with Crippen molar-refractivity contribution in [1.82, 2.24) is 0 Å². The molecule has 0 aliphatic rings. The summed E-state index contributed by atoms with van der Waals surface area (Å²) in [5.74, 6) is 0. The molecule has 0 rings (SSSR count). The van der Waals surface area contributed by atoms with Crippen molar-refractivity contribution in [1.29, 1.82) is 5.26 Å². The van der Waals surface area contributed by atoms with Gasteiger partial charge in [-0.3, -0.25) is 0 Å². The third-order valence-electron chi connectivity index (χ3n) is 0.115. The highest BCUT2D eigenvalue weighted by Gasteiger charge is 1.48. The smallest absolute Gasteiger partial charge is 0.143 e. The average Bonchev–Trinajstić information content (AvgIpc) is 1.41. The Bertz CT molecular complexity index is 70.2. The van der Waals surface area contributed by atoms with Gasteiger partial charge in [-0.25, -0.2) is 0 Å². The van der Waals surface area contributed by atoms with E-state index < -0.39 is 0 Å². The number of nitriles is 1. The largest absolute Gasteiger partial charge is 0.410 e. The summed E-state index contributed by atoms with van der Waals surface area (Å²) >= 11 is 0. The van der Waals surface area contributed by atoms with Crippen LogP contribution in [0.5, 0.6) is 0 Å². The van der Waals surface area contributed by atoms with Crippen LogP contribution in [0.4, 0.5) is 0 Å². The fourth-order valence-corrected chi connectivity index (χ4v) is 0.0258. The van der Waals surface area contributed by atoms with Crippen molar-refractivity contribution in [3.05, 3.63) is 0 Å². The lowest BCUT2D eigenvalue weighted by Crippen LogP contribution is -1.55. The average molecular weight is 70.1 g/mol. The van der Waals surface area contributed by atoms with Gasteiger partial charge in [-0.1, -0.05) is 5.16 Å². The van der Waals surface area contributed by atoms with Gasteiger partial charge in [-0.05, 0) is 0 Å². The van der Waals surface area contributed by atoms with Crippen molar-refractivity contribution in [3.8, 4) is 6.07 Å². The highest BCUT2D eigenvalue weighted by Crippen LogP contribution is 1.40. The molecule has 0 unspecified atom stereocenters. The van der Waals surface area contributed by atoms with Gasteiger partial charge in [0, 0.05) is 0 Å². The summed E-state index contributed by atoms with van der Waals surface area (Å²) in [7, 11) is 0. The standard InChI is InChI=1S/C2H2N2O/c3-1-2-4-5/h2,5H/b4-2-. The van der Waals surface area contributed by atoms with Gasteiger partial charge in [0.15, 0.2) is 0 Å². The zero-order chi connectivity index (χ0) is 4.12. The Morgan fingerprint density at radius 3 is 2.60 bits per heavy atom. The van der Waals surface area contributed by atoms with E-state index in [1.165, 1.54) is 6.07 Å². The molecule has 3 nitrogen and oxygen atoms in total. The zero-order valence-corrected chi connectivity index (χ0v) is 2.42. The van der Waals surface area contributed by atoms with E-state index in [1.54, 1.807) is 0 Å². The van der Waals surface area contributed by atoms with E-state index in [9.17, 15) is 0 Å². The molecule has 0 aliphatic heterocycles. The Hall–Kier alpha value is -1.04. The lowest BCUT2D eigenvalue weighted by atomic mass is 10.9. The second kappa shape index (κ2) is 2.96. The molecule has 0 aromatic heterocycles. The van der Waals surface area contributed by atoms with Crippen molar-refractivity contribution in [2.45, 2.75) is 0 Å². The molecule has 0 saturated carbocycles. The summed E-state index contributed by atoms with van der Waals surface area (Å²) in [4.78, 5) is 0. The molecule has 0 bridgehead atoms. The summed E-state index contributed by atoms with van der Waals surface area (Å²) in [6.07, 6.45) is 0.736. The molecule has 1 N–H and O–H groups in total. The predicted molar refractivity (Wildman–Crippen MR) is 15.9 cm³/mol. The minimum atomic E-state index is 0.736. The maximum atomic E-state index is 7.51. The molecule has 0 aliphatic carbocycles. The number of hydrogen-bond donors (Lipinski definition) is 1. The molecule has 0 saturated heterocycles. The minimum Gasteiger partial charge on any atom is -0.410 e. The van der Waals surface area contributed by atoms with Crippen LogP contribution in [0.25, 0.3) is 0 Å². The Morgan fingerprint density at radius 2 is 2.60 bits per heavy atom. The lowest BCUT2D eigenvalue weighted by molar-refractivity contribution is 0.322. The molecule has 5 heavy (non-hydrogen) atoms. The highest BCUT2D eigenvalue weighted by molar-refractivity contribution is 5.74. The third kappa shape index (κ3) is 2.96. The van der Waals surface area contributed by atoms with Crippen molar-refractivity contribution in [2.75, 3.05) is 0 Å². The van der Waals surface area contributed by atoms with Crippen LogP contribution in [0, 0.1) is 11.3 Å². The molecular formula is C2H2N2O. The molecule has 0 fully saturated rings. The Kier molecular flexibility index (Phi) is 2.34. The van der Waals surface area contributed by atoms with Crippen LogP contribution in [-0.4, -0.2) is 11.4 Å². The first-order valence-electron chi connectivity index (χ1n) is 0.970. The summed E-state index contributed by atoms with van der Waals surface area (Å²) in [5.41, 5.74) is 0. The van der Waals surface area contributed by atoms with Gasteiger partial charge in [-0.15, -0.1) is 0 Å². The van der Waals surface area contributed by atoms with E-state index in [4.69, 9.17) is 10.5 Å². The Labute approximate surface area is 29.1 Å². The van der Waals surface area contributed by atoms with Crippen LogP contribution in [0.3, 0.4) is 0 Å². The Morgan fingerprint density at radius 1 is 2.00 bits per heavy atom. The molecule has 0 heterocycles. The van der Waals surface area contributed by atoms with Crippen LogP contribution in [0.2, 0.25) is 0 Å². The van der Waals surface area contributed by atoms with Gasteiger partial charge >= 0.3 is 0 Å². The summed E-state index contributed by atoms with van der Waals surface area (Å²) in [5, 5.41) is 17.3. The van der Waals surface area contributed by atoms with Crippen molar-refractivity contribution in [3.63, 3.8) is 0 Å². The van der Waals surface area contributed by atoms with Crippen LogP contribution in [0.1, 0.15) is 0 Å². The molecule has 0 aromatic carbocycles. The van der Waals surface area contributed by atoms with E-state index in [-0.39, 0.29) is 0 Å². The molecular weight excluding hydrogens is 68.0 g/mol. The maximum Gasteiger partial charge on any atom is 0.143 e. The van der Waals surface area contributed by atoms with Crippen LogP contribution < -0.4 is 0 Å². The highest BCUT2D eigenvalue weighted by atomic mass is 16.4. The van der Waals surface area contributed by atoms with E-state index in [2.05, 4.69) is 5.16 Å². The molecule has 0 radical (unpaired) electrons. The van der Waals surface area contributed by atoms with Gasteiger partial charge in [-0.2, -0.15) is 5.26 Å². The molecule has 3 heteroatoms. The summed E-state index contributed by atoms with van der Waals surface area (Å²) < 4.78 is 0. The first-order valence-corrected chi connectivity index (χ1v) is 0.970. The fourth-order valence-electron chi connectivity index (χ4n) is 0.0258. The van der Waals surface area contributed by atoms with Gasteiger partial charge < -0.3 is 5.21 Å². The van der Waals surface area contributed by atoms with E-state index in [1.807, 2.05) is 0 Å². The van der Waals surface area contributed by atoms with Crippen molar-refractivity contribution < 1.29 is 5.21 Å². The topological polar surface area (TPSA) is 56.4 Å². The van der Waals surface area contributed by atoms with Crippen LogP contribution in [-0.2, 0) is 0 Å². The monoisotopic (exact) mass is 70.0 g/mol. The number of rotatable bonds is 0. The van der Waals surface area contributed by atoms with Gasteiger partial charge in [0.1, 0.15) is 12.3 Å². The normalized spacial score (nSPS) is 7.80. The van der Waals surface area contributed by atoms with E-state index in [0.29, 0.717) is 0 Å². The Balaban J connectivity index is 3.04. The quantitative estimate of drug-likeness (QED) is 0.247. The first kappa shape index (κ1) is 3.96. The van der Waals surface area contributed by atoms with Gasteiger partial charge in [0.05, 0.1) is 0 Å². The summed E-state index contributed by atoms with van der Waals surface area (Å²) in [6.45, 7) is 0. The van der Waals surface area contributed by atoms with Crippen LogP contribution >= 0.6 is 0 Å². The van der Waals surface area contributed by atoms with Crippen LogP contribution in [0.15, 0.2) is 5.16 Å². The molecule has 26 valence electrons. The lowest BCUT2D eigenvalue weighted by Gasteiger charge is -1.52. The van der Waals surface area contributed by atoms with E-state index in [0.717, 1.165) is 6.21 Å². The van der Waals surface area contributed by atoms with Crippen molar-refractivity contribution in [2.24, 2.45) is 5.16 Å². The molecule has 0 atom stereocenters. The maximum absolute atomic E-state index is 7.51. The minimum absolute atomic E-state index is 0.736. The number of hydrogen-bond acceptors (Lipinski definition) is 3. The predicted octanol–water partition coefficient (Wildman–Crippen LogP) is -0.0300. The van der Waals surface area contributed by atoms with Crippen molar-refractivity contribution >= 4 is 6.21 Å². The second-order valence-corrected chi connectivity index (χ2v) is 0.374. The van der Waals surface area contributed by atoms with E-state index >= 15 is 0 Å². The second-order valence-electron chi connectivity index (χ2n) is 0.374. The molecule has 0 aromatic rings. The van der Waals surface area contributed by atoms with Gasteiger partial charge in [0.25, 0.3) is 0 Å². The van der Waals surface area contributed by atoms with Gasteiger partial charge in [0.2, 0.25) is 0 Å². The third-order valence-corrected chi connectivity index (χ3v) is 0.115. The number of oxime groups is 1. The molecule has 0 spiro atoms.